The molecular weight excluding hydrogens is 440 g/mol. The summed E-state index contributed by atoms with van der Waals surface area (Å²) in [7, 11) is -2.35. The van der Waals surface area contributed by atoms with E-state index in [4.69, 9.17) is 4.74 Å². The molecule has 2 aromatic carbocycles. The van der Waals surface area contributed by atoms with Crippen LogP contribution in [0.1, 0.15) is 28.8 Å². The van der Waals surface area contributed by atoms with Crippen molar-refractivity contribution in [2.45, 2.75) is 24.7 Å². The highest BCUT2D eigenvalue weighted by atomic mass is 32.2. The zero-order valence-electron chi connectivity index (χ0n) is 18.5. The monoisotopic (exact) mass is 466 g/mol. The number of anilines is 3. The second-order valence-electron chi connectivity index (χ2n) is 7.83. The van der Waals surface area contributed by atoms with E-state index in [-0.39, 0.29) is 16.4 Å². The summed E-state index contributed by atoms with van der Waals surface area (Å²) in [5.41, 5.74) is 1.95. The number of aromatic nitrogens is 1. The molecule has 0 bridgehead atoms. The van der Waals surface area contributed by atoms with Gasteiger partial charge in [-0.05, 0) is 73.9 Å². The standard InChI is InChI=1S/C24H26N4O4S/c1-17-7-12-20(33(30,31)27-18-8-10-19(32-2)11-9-18)16-21(17)24(29)26-22-6-5-13-25-23(22)28-14-3-4-15-28/h5-13,16,27H,3-4,14-15H2,1-2H3,(H,26,29). The zero-order chi connectivity index (χ0) is 23.4. The molecule has 1 aliphatic heterocycles. The maximum atomic E-state index is 13.1. The fourth-order valence-corrected chi connectivity index (χ4v) is 4.84. The molecule has 1 aromatic heterocycles. The molecule has 9 heteroatoms. The summed E-state index contributed by atoms with van der Waals surface area (Å²) in [6, 6.07) is 14.6. The Balaban J connectivity index is 1.57. The van der Waals surface area contributed by atoms with Gasteiger partial charge in [0.1, 0.15) is 5.75 Å². The first-order valence-electron chi connectivity index (χ1n) is 10.7. The number of hydrogen-bond acceptors (Lipinski definition) is 6. The number of amides is 1. The van der Waals surface area contributed by atoms with Gasteiger partial charge in [-0.15, -0.1) is 0 Å². The molecule has 3 aromatic rings. The van der Waals surface area contributed by atoms with E-state index < -0.39 is 10.0 Å². The Morgan fingerprint density at radius 1 is 1.06 bits per heavy atom. The Bertz CT molecular complexity index is 1250. The number of nitrogens with zero attached hydrogens (tertiary/aromatic N) is 2. The normalized spacial score (nSPS) is 13.6. The number of nitrogens with one attached hydrogen (secondary N) is 2. The van der Waals surface area contributed by atoms with Crippen molar-refractivity contribution in [2.75, 3.05) is 35.1 Å². The third kappa shape index (κ3) is 5.09. The number of methoxy groups -OCH3 is 1. The predicted molar refractivity (Wildman–Crippen MR) is 129 cm³/mol. The van der Waals surface area contributed by atoms with Crippen LogP contribution in [0.3, 0.4) is 0 Å². The quantitative estimate of drug-likeness (QED) is 0.545. The average Bonchev–Trinajstić information content (AvgIpc) is 3.34. The molecule has 0 aliphatic carbocycles. The molecule has 1 saturated heterocycles. The molecule has 2 N–H and O–H groups in total. The third-order valence-corrected chi connectivity index (χ3v) is 6.93. The van der Waals surface area contributed by atoms with Crippen molar-refractivity contribution in [2.24, 2.45) is 0 Å². The molecule has 0 spiro atoms. The molecule has 0 radical (unpaired) electrons. The summed E-state index contributed by atoms with van der Waals surface area (Å²) in [6.45, 7) is 3.56. The van der Waals surface area contributed by atoms with Gasteiger partial charge in [0.2, 0.25) is 0 Å². The van der Waals surface area contributed by atoms with Crippen molar-refractivity contribution in [1.82, 2.24) is 4.98 Å². The van der Waals surface area contributed by atoms with Gasteiger partial charge in [0, 0.05) is 30.5 Å². The van der Waals surface area contributed by atoms with Crippen molar-refractivity contribution in [3.8, 4) is 5.75 Å². The second-order valence-corrected chi connectivity index (χ2v) is 9.52. The van der Waals surface area contributed by atoms with Gasteiger partial charge in [-0.1, -0.05) is 6.07 Å². The van der Waals surface area contributed by atoms with E-state index in [0.29, 0.717) is 22.7 Å². The molecule has 0 saturated carbocycles. The van der Waals surface area contributed by atoms with Crippen molar-refractivity contribution >= 4 is 33.1 Å². The topological polar surface area (TPSA) is 101 Å². The van der Waals surface area contributed by atoms with Crippen LogP contribution in [0.25, 0.3) is 0 Å². The van der Waals surface area contributed by atoms with E-state index in [9.17, 15) is 13.2 Å². The molecule has 2 heterocycles. The first-order valence-corrected chi connectivity index (χ1v) is 12.1. The molecule has 0 unspecified atom stereocenters. The Labute approximate surface area is 193 Å². The van der Waals surface area contributed by atoms with Gasteiger partial charge in [-0.25, -0.2) is 13.4 Å². The minimum absolute atomic E-state index is 0.0000196. The first kappa shape index (κ1) is 22.6. The lowest BCUT2D eigenvalue weighted by atomic mass is 10.1. The maximum Gasteiger partial charge on any atom is 0.261 e. The minimum Gasteiger partial charge on any atom is -0.497 e. The number of ether oxygens (including phenoxy) is 1. The number of sulfonamides is 1. The summed E-state index contributed by atoms with van der Waals surface area (Å²) >= 11 is 0. The lowest BCUT2D eigenvalue weighted by Crippen LogP contribution is -2.23. The Morgan fingerprint density at radius 2 is 1.79 bits per heavy atom. The number of aryl methyl sites for hydroxylation is 1. The average molecular weight is 467 g/mol. The van der Waals surface area contributed by atoms with Crippen LogP contribution in [0, 0.1) is 6.92 Å². The summed E-state index contributed by atoms with van der Waals surface area (Å²) < 4.78 is 33.5. The third-order valence-electron chi connectivity index (χ3n) is 5.55. The molecule has 172 valence electrons. The maximum absolute atomic E-state index is 13.1. The Morgan fingerprint density at radius 3 is 2.48 bits per heavy atom. The van der Waals surface area contributed by atoms with Crippen molar-refractivity contribution in [3.05, 3.63) is 71.9 Å². The Kier molecular flexibility index (Phi) is 6.50. The van der Waals surface area contributed by atoms with Crippen molar-refractivity contribution in [3.63, 3.8) is 0 Å². The van der Waals surface area contributed by atoms with Gasteiger partial charge in [0.15, 0.2) is 5.82 Å². The smallest absolute Gasteiger partial charge is 0.261 e. The van der Waals surface area contributed by atoms with Crippen LogP contribution in [-0.2, 0) is 10.0 Å². The zero-order valence-corrected chi connectivity index (χ0v) is 19.4. The molecule has 33 heavy (non-hydrogen) atoms. The van der Waals surface area contributed by atoms with E-state index >= 15 is 0 Å². The molecular formula is C24H26N4O4S. The highest BCUT2D eigenvalue weighted by Gasteiger charge is 2.21. The van der Waals surface area contributed by atoms with E-state index in [1.807, 2.05) is 0 Å². The lowest BCUT2D eigenvalue weighted by molar-refractivity contribution is 0.102. The van der Waals surface area contributed by atoms with Gasteiger partial charge in [0.05, 0.1) is 17.7 Å². The number of benzene rings is 2. The first-order chi connectivity index (χ1) is 15.9. The predicted octanol–water partition coefficient (Wildman–Crippen LogP) is 4.05. The number of pyridine rings is 1. The number of carbonyl (C=O) groups is 1. The SMILES string of the molecule is COc1ccc(NS(=O)(=O)c2ccc(C)c(C(=O)Nc3cccnc3N3CCCC3)c2)cc1. The number of rotatable bonds is 7. The Hall–Kier alpha value is -3.59. The number of hydrogen-bond donors (Lipinski definition) is 2. The van der Waals surface area contributed by atoms with E-state index in [0.717, 1.165) is 31.7 Å². The van der Waals surface area contributed by atoms with Gasteiger partial charge in [-0.3, -0.25) is 9.52 Å². The molecule has 8 nitrogen and oxygen atoms in total. The fourth-order valence-electron chi connectivity index (χ4n) is 3.75. The summed E-state index contributed by atoms with van der Waals surface area (Å²) in [6.07, 6.45) is 3.88. The van der Waals surface area contributed by atoms with Crippen LogP contribution in [-0.4, -0.2) is 39.5 Å². The van der Waals surface area contributed by atoms with Gasteiger partial charge in [0.25, 0.3) is 15.9 Å². The summed E-state index contributed by atoms with van der Waals surface area (Å²) in [5, 5.41) is 2.91. The van der Waals surface area contributed by atoms with Crippen LogP contribution in [0.15, 0.2) is 65.7 Å². The van der Waals surface area contributed by atoms with E-state index in [1.165, 1.54) is 19.2 Å². The van der Waals surface area contributed by atoms with Gasteiger partial charge < -0.3 is 15.0 Å². The molecule has 1 amide bonds. The van der Waals surface area contributed by atoms with Crippen molar-refractivity contribution in [1.29, 1.82) is 0 Å². The van der Waals surface area contributed by atoms with E-state index in [2.05, 4.69) is 19.9 Å². The van der Waals surface area contributed by atoms with E-state index in [1.54, 1.807) is 55.6 Å². The highest BCUT2D eigenvalue weighted by Crippen LogP contribution is 2.27. The van der Waals surface area contributed by atoms with Gasteiger partial charge >= 0.3 is 0 Å². The van der Waals surface area contributed by atoms with Crippen LogP contribution in [0.5, 0.6) is 5.75 Å². The summed E-state index contributed by atoms with van der Waals surface area (Å²) in [5.74, 6) is 0.962. The molecule has 1 fully saturated rings. The van der Waals surface area contributed by atoms with Crippen LogP contribution in [0.4, 0.5) is 17.2 Å². The fraction of sp³-hybridized carbons (Fsp3) is 0.250. The minimum atomic E-state index is -3.89. The van der Waals surface area contributed by atoms with Crippen LogP contribution in [0.2, 0.25) is 0 Å². The molecule has 0 atom stereocenters. The molecule has 1 aliphatic rings. The van der Waals surface area contributed by atoms with Crippen molar-refractivity contribution < 1.29 is 17.9 Å². The summed E-state index contributed by atoms with van der Waals surface area (Å²) in [4.78, 5) is 19.7. The largest absolute Gasteiger partial charge is 0.497 e. The molecule has 4 rings (SSSR count). The highest BCUT2D eigenvalue weighted by molar-refractivity contribution is 7.92. The van der Waals surface area contributed by atoms with Crippen LogP contribution >= 0.6 is 0 Å². The van der Waals surface area contributed by atoms with Crippen LogP contribution < -0.4 is 19.7 Å². The lowest BCUT2D eigenvalue weighted by Gasteiger charge is -2.20. The van der Waals surface area contributed by atoms with Gasteiger partial charge in [-0.2, -0.15) is 0 Å². The second kappa shape index (κ2) is 9.50. The number of carbonyl (C=O) groups excluding carboxylic acids is 1.